The lowest BCUT2D eigenvalue weighted by Gasteiger charge is -2.17. The average molecular weight is 404 g/mol. The van der Waals surface area contributed by atoms with Crippen LogP contribution >= 0.6 is 0 Å². The molecule has 2 amide bonds. The van der Waals surface area contributed by atoms with Crippen LogP contribution in [0.5, 0.6) is 0 Å². The Morgan fingerprint density at radius 2 is 2.03 bits per heavy atom. The summed E-state index contributed by atoms with van der Waals surface area (Å²) in [4.78, 5) is 34.7. The number of halogens is 1. The molecule has 6 nitrogen and oxygen atoms in total. The summed E-state index contributed by atoms with van der Waals surface area (Å²) in [7, 11) is 0. The van der Waals surface area contributed by atoms with Crippen LogP contribution in [0.2, 0.25) is 0 Å². The van der Waals surface area contributed by atoms with Crippen molar-refractivity contribution in [2.75, 3.05) is 18.4 Å². The highest BCUT2D eigenvalue weighted by Gasteiger charge is 2.27. The number of aromatic nitrogens is 2. The van der Waals surface area contributed by atoms with E-state index in [1.165, 1.54) is 18.3 Å². The van der Waals surface area contributed by atoms with Crippen LogP contribution in [0, 0.1) is 11.7 Å². The van der Waals surface area contributed by atoms with Crippen molar-refractivity contribution in [2.24, 2.45) is 5.92 Å². The monoisotopic (exact) mass is 404 g/mol. The SMILES string of the molecule is C=CC(=O)Nc1ccc(C(=O)N2CC[C@@H](Cc3ncc4c(F)cccc4n3)C2)cc1. The minimum Gasteiger partial charge on any atom is -0.338 e. The molecule has 152 valence electrons. The summed E-state index contributed by atoms with van der Waals surface area (Å²) in [6.07, 6.45) is 4.23. The zero-order valence-electron chi connectivity index (χ0n) is 16.3. The number of nitrogens with one attached hydrogen (secondary N) is 1. The molecule has 1 N–H and O–H groups in total. The van der Waals surface area contributed by atoms with Crippen LogP contribution in [0.1, 0.15) is 22.6 Å². The lowest BCUT2D eigenvalue weighted by Crippen LogP contribution is -2.29. The number of rotatable bonds is 5. The van der Waals surface area contributed by atoms with Gasteiger partial charge in [-0.2, -0.15) is 0 Å². The Hall–Kier alpha value is -3.61. The molecular weight excluding hydrogens is 383 g/mol. The maximum atomic E-state index is 13.8. The van der Waals surface area contributed by atoms with Crippen molar-refractivity contribution in [3.63, 3.8) is 0 Å². The van der Waals surface area contributed by atoms with Crippen LogP contribution in [0.15, 0.2) is 61.3 Å². The Balaban J connectivity index is 1.38. The van der Waals surface area contributed by atoms with E-state index in [-0.39, 0.29) is 23.5 Å². The Labute approximate surface area is 173 Å². The molecule has 30 heavy (non-hydrogen) atoms. The normalized spacial score (nSPS) is 15.9. The first-order valence-corrected chi connectivity index (χ1v) is 9.76. The number of carbonyl (C=O) groups excluding carboxylic acids is 2. The van der Waals surface area contributed by atoms with E-state index in [1.54, 1.807) is 36.4 Å². The van der Waals surface area contributed by atoms with Crippen LogP contribution in [0.3, 0.4) is 0 Å². The predicted octanol–water partition coefficient (Wildman–Crippen LogP) is 3.60. The van der Waals surface area contributed by atoms with Crippen LogP contribution in [0.25, 0.3) is 10.9 Å². The molecule has 0 unspecified atom stereocenters. The number of anilines is 1. The Morgan fingerprint density at radius 3 is 2.80 bits per heavy atom. The fraction of sp³-hybridized carbons (Fsp3) is 0.217. The minimum absolute atomic E-state index is 0.0411. The van der Waals surface area contributed by atoms with Gasteiger partial charge in [-0.25, -0.2) is 14.4 Å². The first-order chi connectivity index (χ1) is 14.5. The van der Waals surface area contributed by atoms with Crippen molar-refractivity contribution >= 4 is 28.4 Å². The summed E-state index contributed by atoms with van der Waals surface area (Å²) in [6.45, 7) is 4.70. The number of carbonyl (C=O) groups is 2. The maximum absolute atomic E-state index is 13.8. The quantitative estimate of drug-likeness (QED) is 0.660. The predicted molar refractivity (Wildman–Crippen MR) is 112 cm³/mol. The van der Waals surface area contributed by atoms with E-state index >= 15 is 0 Å². The fourth-order valence-electron chi connectivity index (χ4n) is 3.67. The second-order valence-corrected chi connectivity index (χ2v) is 7.34. The van der Waals surface area contributed by atoms with Crippen LogP contribution in [-0.2, 0) is 11.2 Å². The number of amides is 2. The van der Waals surface area contributed by atoms with Gasteiger partial charge in [-0.05, 0) is 54.8 Å². The molecule has 1 fully saturated rings. The van der Waals surface area contributed by atoms with Crippen LogP contribution in [0.4, 0.5) is 10.1 Å². The highest BCUT2D eigenvalue weighted by atomic mass is 19.1. The van der Waals surface area contributed by atoms with E-state index < -0.39 is 0 Å². The number of benzene rings is 2. The molecule has 0 bridgehead atoms. The highest BCUT2D eigenvalue weighted by Crippen LogP contribution is 2.23. The van der Waals surface area contributed by atoms with Gasteiger partial charge in [0.15, 0.2) is 0 Å². The summed E-state index contributed by atoms with van der Waals surface area (Å²) in [5, 5.41) is 3.07. The van der Waals surface area contributed by atoms with Gasteiger partial charge in [-0.15, -0.1) is 0 Å². The van der Waals surface area contributed by atoms with Crippen molar-refractivity contribution in [3.8, 4) is 0 Å². The molecule has 0 spiro atoms. The Bertz CT molecular complexity index is 1110. The van der Waals surface area contributed by atoms with Crippen molar-refractivity contribution < 1.29 is 14.0 Å². The molecular formula is C23H21FN4O2. The van der Waals surface area contributed by atoms with Gasteiger partial charge >= 0.3 is 0 Å². The number of likely N-dealkylation sites (tertiary alicyclic amines) is 1. The smallest absolute Gasteiger partial charge is 0.253 e. The van der Waals surface area contributed by atoms with E-state index in [1.807, 2.05) is 4.90 Å². The molecule has 0 saturated carbocycles. The third kappa shape index (κ3) is 4.20. The molecule has 4 rings (SSSR count). The molecule has 0 aliphatic carbocycles. The minimum atomic E-state index is -0.327. The van der Waals surface area contributed by atoms with Crippen LogP contribution in [-0.4, -0.2) is 39.8 Å². The van der Waals surface area contributed by atoms with Crippen molar-refractivity contribution in [3.05, 3.63) is 78.5 Å². The number of fused-ring (bicyclic) bond motifs is 1. The van der Waals surface area contributed by atoms with Gasteiger partial charge in [0.1, 0.15) is 11.6 Å². The lowest BCUT2D eigenvalue weighted by molar-refractivity contribution is -0.111. The summed E-state index contributed by atoms with van der Waals surface area (Å²) in [5.41, 5.74) is 1.78. The van der Waals surface area contributed by atoms with Gasteiger partial charge in [0, 0.05) is 37.0 Å². The van der Waals surface area contributed by atoms with Crippen molar-refractivity contribution in [1.82, 2.24) is 14.9 Å². The second kappa shape index (κ2) is 8.41. The topological polar surface area (TPSA) is 75.2 Å². The number of hydrogen-bond acceptors (Lipinski definition) is 4. The zero-order valence-corrected chi connectivity index (χ0v) is 16.3. The molecule has 2 aromatic carbocycles. The molecule has 1 aliphatic rings. The second-order valence-electron chi connectivity index (χ2n) is 7.34. The Morgan fingerprint density at radius 1 is 1.23 bits per heavy atom. The first-order valence-electron chi connectivity index (χ1n) is 9.76. The van der Waals surface area contributed by atoms with E-state index in [0.29, 0.717) is 47.5 Å². The van der Waals surface area contributed by atoms with E-state index in [0.717, 1.165) is 6.42 Å². The van der Waals surface area contributed by atoms with Gasteiger partial charge in [0.25, 0.3) is 5.91 Å². The van der Waals surface area contributed by atoms with Crippen LogP contribution < -0.4 is 5.32 Å². The third-order valence-corrected chi connectivity index (χ3v) is 5.25. The summed E-state index contributed by atoms with van der Waals surface area (Å²) >= 11 is 0. The third-order valence-electron chi connectivity index (χ3n) is 5.25. The van der Waals surface area contributed by atoms with Gasteiger partial charge in [-0.3, -0.25) is 9.59 Å². The summed E-state index contributed by atoms with van der Waals surface area (Å²) in [6, 6.07) is 11.6. The molecule has 3 aromatic rings. The van der Waals surface area contributed by atoms with Gasteiger partial charge < -0.3 is 10.2 Å². The van der Waals surface area contributed by atoms with E-state index in [4.69, 9.17) is 0 Å². The average Bonchev–Trinajstić information content (AvgIpc) is 3.22. The molecule has 1 atom stereocenters. The van der Waals surface area contributed by atoms with Gasteiger partial charge in [0.2, 0.25) is 5.91 Å². The Kier molecular flexibility index (Phi) is 5.52. The molecule has 1 saturated heterocycles. The molecule has 2 heterocycles. The maximum Gasteiger partial charge on any atom is 0.253 e. The molecule has 1 aromatic heterocycles. The molecule has 0 radical (unpaired) electrons. The number of hydrogen-bond donors (Lipinski definition) is 1. The highest BCUT2D eigenvalue weighted by molar-refractivity contribution is 5.99. The standard InChI is InChI=1S/C23H21FN4O2/c1-2-22(29)26-17-8-6-16(7-9-17)23(30)28-11-10-15(14-28)12-21-25-13-18-19(24)4-3-5-20(18)27-21/h2-9,13,15H,1,10-12,14H2,(H,26,29)/t15-/m0/s1. The zero-order chi connectivity index (χ0) is 21.1. The summed E-state index contributed by atoms with van der Waals surface area (Å²) in [5.74, 6) is 0.253. The van der Waals surface area contributed by atoms with E-state index in [9.17, 15) is 14.0 Å². The molecule has 7 heteroatoms. The first kappa shape index (κ1) is 19.7. The largest absolute Gasteiger partial charge is 0.338 e. The number of nitrogens with zero attached hydrogens (tertiary/aromatic N) is 3. The fourth-order valence-corrected chi connectivity index (χ4v) is 3.67. The summed E-state index contributed by atoms with van der Waals surface area (Å²) < 4.78 is 13.8. The van der Waals surface area contributed by atoms with Gasteiger partial charge in [0.05, 0.1) is 10.9 Å². The van der Waals surface area contributed by atoms with Crippen molar-refractivity contribution in [2.45, 2.75) is 12.8 Å². The molecule has 1 aliphatic heterocycles. The van der Waals surface area contributed by atoms with Crippen molar-refractivity contribution in [1.29, 1.82) is 0 Å². The lowest BCUT2D eigenvalue weighted by atomic mass is 10.0. The van der Waals surface area contributed by atoms with E-state index in [2.05, 4.69) is 21.9 Å². The van der Waals surface area contributed by atoms with Gasteiger partial charge in [-0.1, -0.05) is 12.6 Å².